The molecule has 1 N–H and O–H groups in total. The first kappa shape index (κ1) is 23.3. The molecule has 0 radical (unpaired) electrons. The lowest BCUT2D eigenvalue weighted by atomic mass is 10.0. The highest BCUT2D eigenvalue weighted by Gasteiger charge is 2.41. The van der Waals surface area contributed by atoms with Crippen LogP contribution in [0.15, 0.2) is 83.4 Å². The Bertz CT molecular complexity index is 1310. The van der Waals surface area contributed by atoms with Gasteiger partial charge >= 0.3 is 0 Å². The van der Waals surface area contributed by atoms with E-state index in [4.69, 9.17) is 0 Å². The van der Waals surface area contributed by atoms with Crippen LogP contribution in [0, 0.1) is 31.0 Å². The minimum atomic E-state index is -0.655. The van der Waals surface area contributed by atoms with Crippen LogP contribution in [0.5, 0.6) is 0 Å². The molecule has 1 fully saturated rings. The van der Waals surface area contributed by atoms with Gasteiger partial charge in [0, 0.05) is 11.4 Å². The maximum absolute atomic E-state index is 13.5. The second-order valence-electron chi connectivity index (χ2n) is 8.00. The first-order valence-electron chi connectivity index (χ1n) is 10.7. The molecule has 7 heteroatoms. The summed E-state index contributed by atoms with van der Waals surface area (Å²) in [7, 11) is 0. The van der Waals surface area contributed by atoms with E-state index in [9.17, 15) is 19.2 Å². The van der Waals surface area contributed by atoms with Gasteiger partial charge in [0.25, 0.3) is 5.91 Å². The predicted octanol–water partition coefficient (Wildman–Crippen LogP) is 5.51. The number of benzene rings is 3. The van der Waals surface area contributed by atoms with Crippen molar-refractivity contribution in [2.45, 2.75) is 25.5 Å². The first-order valence-corrected chi connectivity index (χ1v) is 11.6. The van der Waals surface area contributed by atoms with Crippen LogP contribution in [0.4, 0.5) is 15.8 Å². The number of rotatable bonds is 5. The summed E-state index contributed by atoms with van der Waals surface area (Å²) in [6.07, 6.45) is 0.473. The molecule has 1 heterocycles. The lowest BCUT2D eigenvalue weighted by molar-refractivity contribution is -0.117. The molecular formula is C27H22FN3O2S. The Morgan fingerprint density at radius 3 is 2.38 bits per heavy atom. The van der Waals surface area contributed by atoms with Gasteiger partial charge < -0.3 is 5.32 Å². The van der Waals surface area contributed by atoms with Crippen molar-refractivity contribution in [2.24, 2.45) is 0 Å². The van der Waals surface area contributed by atoms with Gasteiger partial charge in [0.15, 0.2) is 0 Å². The molecule has 3 aromatic carbocycles. The highest BCUT2D eigenvalue weighted by Crippen LogP contribution is 2.42. The minimum absolute atomic E-state index is 0.171. The van der Waals surface area contributed by atoms with Crippen LogP contribution in [0.3, 0.4) is 0 Å². The van der Waals surface area contributed by atoms with Gasteiger partial charge in [-0.3, -0.25) is 14.5 Å². The number of aryl methyl sites for hydroxylation is 2. The Balaban J connectivity index is 1.73. The third kappa shape index (κ3) is 4.87. The fourth-order valence-corrected chi connectivity index (χ4v) is 4.98. The van der Waals surface area contributed by atoms with Crippen LogP contribution in [0.1, 0.15) is 16.7 Å². The smallest absolute Gasteiger partial charge is 0.269 e. The van der Waals surface area contributed by atoms with E-state index >= 15 is 0 Å². The molecule has 0 saturated carbocycles. The topological polar surface area (TPSA) is 73.2 Å². The second kappa shape index (κ2) is 9.94. The lowest BCUT2D eigenvalue weighted by Crippen LogP contribution is -2.31. The Labute approximate surface area is 201 Å². The molecule has 0 unspecified atom stereocenters. The lowest BCUT2D eigenvalue weighted by Gasteiger charge is -2.19. The van der Waals surface area contributed by atoms with Crippen LogP contribution in [-0.4, -0.2) is 17.1 Å². The Kier molecular flexibility index (Phi) is 6.80. The van der Waals surface area contributed by atoms with Crippen molar-refractivity contribution in [1.82, 2.24) is 0 Å². The zero-order valence-electron chi connectivity index (χ0n) is 18.7. The average Bonchev–Trinajstić information content (AvgIpc) is 3.13. The first-order chi connectivity index (χ1) is 16.4. The van der Waals surface area contributed by atoms with Gasteiger partial charge in [-0.05, 0) is 67.8 Å². The monoisotopic (exact) mass is 471 g/mol. The van der Waals surface area contributed by atoms with E-state index in [-0.39, 0.29) is 16.5 Å². The number of hydrogen-bond acceptors (Lipinski definition) is 4. The van der Waals surface area contributed by atoms with Gasteiger partial charge in [-0.1, -0.05) is 53.7 Å². The molecule has 170 valence electrons. The van der Waals surface area contributed by atoms with E-state index in [1.165, 1.54) is 40.9 Å². The average molecular weight is 472 g/mol. The van der Waals surface area contributed by atoms with Gasteiger partial charge in [-0.15, -0.1) is 0 Å². The van der Waals surface area contributed by atoms with E-state index in [0.29, 0.717) is 17.8 Å². The largest absolute Gasteiger partial charge is 0.321 e. The molecule has 4 rings (SSSR count). The molecular weight excluding hydrogens is 449 g/mol. The zero-order chi connectivity index (χ0) is 24.2. The molecule has 0 bridgehead atoms. The van der Waals surface area contributed by atoms with Crippen molar-refractivity contribution in [3.05, 3.63) is 106 Å². The molecule has 0 spiro atoms. The van der Waals surface area contributed by atoms with Gasteiger partial charge in [-0.25, -0.2) is 4.39 Å². The number of nitrogens with one attached hydrogen (secondary N) is 1. The van der Waals surface area contributed by atoms with Crippen molar-refractivity contribution >= 4 is 35.0 Å². The number of amides is 2. The number of nitriles is 1. The summed E-state index contributed by atoms with van der Waals surface area (Å²) in [5.74, 6) is -1.27. The van der Waals surface area contributed by atoms with Crippen molar-refractivity contribution in [1.29, 1.82) is 5.26 Å². The highest BCUT2D eigenvalue weighted by molar-refractivity contribution is 8.05. The highest BCUT2D eigenvalue weighted by atomic mass is 32.2. The minimum Gasteiger partial charge on any atom is -0.321 e. The summed E-state index contributed by atoms with van der Waals surface area (Å²) >= 11 is 1.22. The fraction of sp³-hybridized carbons (Fsp3) is 0.148. The second-order valence-corrected chi connectivity index (χ2v) is 9.19. The SMILES string of the molecule is Cc1ccc(N2C(=O)[C@H](Cc3ccccc3C)S/C2=C(\C#N)C(=O)Nc2ccc(F)cc2)cc1. The summed E-state index contributed by atoms with van der Waals surface area (Å²) in [5, 5.41) is 12.3. The van der Waals surface area contributed by atoms with Crippen molar-refractivity contribution in [3.63, 3.8) is 0 Å². The molecule has 2 amide bonds. The number of anilines is 2. The molecule has 34 heavy (non-hydrogen) atoms. The molecule has 0 aromatic heterocycles. The molecule has 1 aliphatic rings. The van der Waals surface area contributed by atoms with Gasteiger partial charge in [-0.2, -0.15) is 5.26 Å². The fourth-order valence-electron chi connectivity index (χ4n) is 3.68. The van der Waals surface area contributed by atoms with Crippen LogP contribution in [-0.2, 0) is 16.0 Å². The Morgan fingerprint density at radius 1 is 1.06 bits per heavy atom. The van der Waals surface area contributed by atoms with E-state index in [1.807, 2.05) is 56.3 Å². The summed E-state index contributed by atoms with van der Waals surface area (Å²) in [6.45, 7) is 3.93. The number of halogens is 1. The summed E-state index contributed by atoms with van der Waals surface area (Å²) < 4.78 is 13.2. The third-order valence-electron chi connectivity index (χ3n) is 5.57. The Morgan fingerprint density at radius 2 is 1.74 bits per heavy atom. The summed E-state index contributed by atoms with van der Waals surface area (Å²) in [5.41, 5.74) is 3.91. The van der Waals surface area contributed by atoms with E-state index < -0.39 is 17.0 Å². The van der Waals surface area contributed by atoms with Crippen molar-refractivity contribution in [2.75, 3.05) is 10.2 Å². The number of carbonyl (C=O) groups excluding carboxylic acids is 2. The molecule has 0 aliphatic carbocycles. The molecule has 1 atom stereocenters. The van der Waals surface area contributed by atoms with Gasteiger partial charge in [0.1, 0.15) is 22.5 Å². The van der Waals surface area contributed by atoms with Crippen molar-refractivity contribution in [3.8, 4) is 6.07 Å². The van der Waals surface area contributed by atoms with Gasteiger partial charge in [0.2, 0.25) is 5.91 Å². The molecule has 1 aliphatic heterocycles. The maximum atomic E-state index is 13.5. The molecule has 3 aromatic rings. The van der Waals surface area contributed by atoms with Gasteiger partial charge in [0.05, 0.1) is 5.25 Å². The number of carbonyl (C=O) groups is 2. The van der Waals surface area contributed by atoms with E-state index in [2.05, 4.69) is 5.32 Å². The standard InChI is InChI=1S/C27H22FN3O2S/c1-17-7-13-22(14-8-17)31-26(33)24(15-19-6-4-3-5-18(19)2)34-27(31)23(16-29)25(32)30-21-11-9-20(28)10-12-21/h3-14,24H,15H2,1-2H3,(H,30,32)/b27-23+/t24-/m0/s1. The number of thioether (sulfide) groups is 1. The molecule has 5 nitrogen and oxygen atoms in total. The van der Waals surface area contributed by atoms with Crippen LogP contribution < -0.4 is 10.2 Å². The number of hydrogen-bond donors (Lipinski definition) is 1. The van der Waals surface area contributed by atoms with Crippen LogP contribution in [0.25, 0.3) is 0 Å². The predicted molar refractivity (Wildman–Crippen MR) is 133 cm³/mol. The normalized spacial score (nSPS) is 16.8. The zero-order valence-corrected chi connectivity index (χ0v) is 19.5. The van der Waals surface area contributed by atoms with Crippen molar-refractivity contribution < 1.29 is 14.0 Å². The quantitative estimate of drug-likeness (QED) is 0.394. The van der Waals surface area contributed by atoms with E-state index in [1.54, 1.807) is 12.1 Å². The van der Waals surface area contributed by atoms with Crippen LogP contribution in [0.2, 0.25) is 0 Å². The maximum Gasteiger partial charge on any atom is 0.269 e. The number of nitrogens with zero attached hydrogens (tertiary/aromatic N) is 2. The summed E-state index contributed by atoms with van der Waals surface area (Å²) in [4.78, 5) is 28.0. The van der Waals surface area contributed by atoms with E-state index in [0.717, 1.165) is 16.7 Å². The third-order valence-corrected chi connectivity index (χ3v) is 6.83. The molecule has 1 saturated heterocycles. The Hall–Kier alpha value is -3.89. The van der Waals surface area contributed by atoms with Crippen LogP contribution >= 0.6 is 11.8 Å². The summed E-state index contributed by atoms with van der Waals surface area (Å²) in [6, 6.07) is 22.5.